The van der Waals surface area contributed by atoms with Gasteiger partial charge in [0.15, 0.2) is 0 Å². The molecule has 2 N–H and O–H groups in total. The molecule has 0 fully saturated rings. The minimum Gasteiger partial charge on any atom is -0.394 e. The summed E-state index contributed by atoms with van der Waals surface area (Å²) >= 11 is 0. The molecule has 0 saturated carbocycles. The Morgan fingerprint density at radius 1 is 0.867 bits per heavy atom. The van der Waals surface area contributed by atoms with Crippen LogP contribution < -0.4 is 0 Å². The van der Waals surface area contributed by atoms with E-state index in [1.807, 2.05) is 0 Å². The molecular weight excluding hydrogens is 199 g/mol. The van der Waals surface area contributed by atoms with Gasteiger partial charge in [-0.3, -0.25) is 0 Å². The molecule has 3 heteroatoms. The van der Waals surface area contributed by atoms with Gasteiger partial charge in [0.05, 0.1) is 12.7 Å². The molecule has 0 rings (SSSR count). The minimum absolute atomic E-state index is 0. The summed E-state index contributed by atoms with van der Waals surface area (Å²) in [6.45, 7) is 2.15. The van der Waals surface area contributed by atoms with Crippen molar-refractivity contribution in [3.63, 3.8) is 0 Å². The van der Waals surface area contributed by atoms with Crippen LogP contribution in [0.1, 0.15) is 64.7 Å². The fraction of sp³-hybridized carbons (Fsp3) is 1.00. The molecule has 87 valence electrons. The van der Waals surface area contributed by atoms with Crippen LogP contribution >= 0.6 is 0 Å². The molecule has 1 unspecified atom stereocenters. The van der Waals surface area contributed by atoms with E-state index in [0.29, 0.717) is 0 Å². The summed E-state index contributed by atoms with van der Waals surface area (Å²) in [6.07, 6.45) is 10.5. The van der Waals surface area contributed by atoms with Gasteiger partial charge in [0.25, 0.3) is 0 Å². The molecule has 0 heterocycles. The molecule has 0 aliphatic rings. The van der Waals surface area contributed by atoms with Crippen LogP contribution in [0, 0.1) is 0 Å². The van der Waals surface area contributed by atoms with Crippen LogP contribution in [0.3, 0.4) is 0 Å². The summed E-state index contributed by atoms with van der Waals surface area (Å²) in [4.78, 5) is 0. The topological polar surface area (TPSA) is 40.5 Å². The third kappa shape index (κ3) is 14.9. The van der Waals surface area contributed by atoms with Gasteiger partial charge in [0.1, 0.15) is 0 Å². The fourth-order valence-electron chi connectivity index (χ4n) is 1.61. The van der Waals surface area contributed by atoms with Crippen LogP contribution in [-0.2, 0) is 0 Å². The van der Waals surface area contributed by atoms with Crippen LogP contribution in [0.25, 0.3) is 0 Å². The molecule has 0 bridgehead atoms. The first-order chi connectivity index (χ1) is 6.81. The van der Waals surface area contributed by atoms with Crippen LogP contribution in [-0.4, -0.2) is 52.5 Å². The van der Waals surface area contributed by atoms with Crippen LogP contribution in [0.4, 0.5) is 0 Å². The number of hydrogen-bond donors (Lipinski definition) is 2. The Labute approximate surface area is 117 Å². The smallest absolute Gasteiger partial charge is 0.0770 e. The molecule has 2 nitrogen and oxygen atoms in total. The monoisotopic (exact) mass is 225 g/mol. The van der Waals surface area contributed by atoms with E-state index in [9.17, 15) is 0 Å². The summed E-state index contributed by atoms with van der Waals surface area (Å²) in [7, 11) is 0. The van der Waals surface area contributed by atoms with Gasteiger partial charge in [-0.15, -0.1) is 0 Å². The third-order valence-electron chi connectivity index (χ3n) is 2.60. The number of aliphatic hydroxyl groups is 2. The number of unbranched alkanes of at least 4 members (excludes halogenated alkanes) is 7. The van der Waals surface area contributed by atoms with E-state index in [1.165, 1.54) is 44.9 Å². The van der Waals surface area contributed by atoms with Crippen LogP contribution in [0.2, 0.25) is 0 Å². The third-order valence-corrected chi connectivity index (χ3v) is 2.60. The molecule has 0 amide bonds. The van der Waals surface area contributed by atoms with Gasteiger partial charge in [0, 0.05) is 29.6 Å². The normalized spacial score (nSPS) is 12.2. The van der Waals surface area contributed by atoms with Crippen LogP contribution in [0.5, 0.6) is 0 Å². The first-order valence-corrected chi connectivity index (χ1v) is 6.10. The molecule has 1 atom stereocenters. The zero-order chi connectivity index (χ0) is 10.6. The Hall–Kier alpha value is 0.920. The van der Waals surface area contributed by atoms with E-state index in [1.54, 1.807) is 0 Å². The van der Waals surface area contributed by atoms with Gasteiger partial charge < -0.3 is 10.2 Å². The summed E-state index contributed by atoms with van der Waals surface area (Å²) in [5.74, 6) is 0. The van der Waals surface area contributed by atoms with E-state index in [-0.39, 0.29) is 36.2 Å². The van der Waals surface area contributed by atoms with Gasteiger partial charge in [-0.1, -0.05) is 58.3 Å². The van der Waals surface area contributed by atoms with Crippen molar-refractivity contribution in [3.8, 4) is 0 Å². The standard InChI is InChI=1S/C12H26O2.Na/c1-2-3-4-5-6-7-8-9-10-12(14)11-13;/h12-14H,2-11H2,1H3;. The van der Waals surface area contributed by atoms with Crippen molar-refractivity contribution in [1.82, 2.24) is 0 Å². The molecule has 0 aliphatic heterocycles. The number of aliphatic hydroxyl groups excluding tert-OH is 2. The van der Waals surface area contributed by atoms with E-state index < -0.39 is 6.10 Å². The molecule has 1 radical (unpaired) electrons. The molecule has 0 aromatic carbocycles. The second-order valence-corrected chi connectivity index (χ2v) is 4.10. The molecule has 15 heavy (non-hydrogen) atoms. The van der Waals surface area contributed by atoms with E-state index in [0.717, 1.165) is 12.8 Å². The molecule has 0 spiro atoms. The van der Waals surface area contributed by atoms with Crippen molar-refractivity contribution in [2.75, 3.05) is 6.61 Å². The van der Waals surface area contributed by atoms with Crippen molar-refractivity contribution < 1.29 is 10.2 Å². The maximum atomic E-state index is 9.08. The zero-order valence-corrected chi connectivity index (χ0v) is 12.5. The number of hydrogen-bond acceptors (Lipinski definition) is 2. The Kier molecular flexibility index (Phi) is 18.2. The minimum atomic E-state index is -0.491. The van der Waals surface area contributed by atoms with Crippen molar-refractivity contribution in [2.45, 2.75) is 70.8 Å². The summed E-state index contributed by atoms with van der Waals surface area (Å²) in [5, 5.41) is 17.7. The molecule has 0 aromatic rings. The van der Waals surface area contributed by atoms with E-state index in [4.69, 9.17) is 10.2 Å². The summed E-state index contributed by atoms with van der Waals surface area (Å²) in [5.41, 5.74) is 0. The molecule has 0 aliphatic carbocycles. The quantitative estimate of drug-likeness (QED) is 0.443. The average molecular weight is 225 g/mol. The van der Waals surface area contributed by atoms with Crippen molar-refractivity contribution in [2.24, 2.45) is 0 Å². The van der Waals surface area contributed by atoms with Gasteiger partial charge in [0.2, 0.25) is 0 Å². The first kappa shape index (κ1) is 18.3. The predicted molar refractivity (Wildman–Crippen MR) is 66.1 cm³/mol. The largest absolute Gasteiger partial charge is 0.394 e. The second-order valence-electron chi connectivity index (χ2n) is 4.10. The van der Waals surface area contributed by atoms with Crippen molar-refractivity contribution >= 4 is 29.6 Å². The Bertz CT molecular complexity index is 110. The Balaban J connectivity index is 0. The van der Waals surface area contributed by atoms with Crippen molar-refractivity contribution in [1.29, 1.82) is 0 Å². The summed E-state index contributed by atoms with van der Waals surface area (Å²) in [6, 6.07) is 0. The van der Waals surface area contributed by atoms with Crippen molar-refractivity contribution in [3.05, 3.63) is 0 Å². The van der Waals surface area contributed by atoms with Crippen LogP contribution in [0.15, 0.2) is 0 Å². The fourth-order valence-corrected chi connectivity index (χ4v) is 1.61. The number of rotatable bonds is 10. The Morgan fingerprint density at radius 3 is 1.80 bits per heavy atom. The second kappa shape index (κ2) is 14.9. The average Bonchev–Trinajstić information content (AvgIpc) is 2.21. The van der Waals surface area contributed by atoms with Gasteiger partial charge in [-0.25, -0.2) is 0 Å². The van der Waals surface area contributed by atoms with Gasteiger partial charge in [-0.2, -0.15) is 0 Å². The summed E-state index contributed by atoms with van der Waals surface area (Å²) < 4.78 is 0. The zero-order valence-electron chi connectivity index (χ0n) is 10.5. The van der Waals surface area contributed by atoms with E-state index >= 15 is 0 Å². The molecular formula is C12H26NaO2. The maximum absolute atomic E-state index is 9.08. The molecule has 0 aromatic heterocycles. The van der Waals surface area contributed by atoms with E-state index in [2.05, 4.69) is 6.92 Å². The predicted octanol–water partition coefficient (Wildman–Crippen LogP) is 2.49. The maximum Gasteiger partial charge on any atom is 0.0770 e. The van der Waals surface area contributed by atoms with Gasteiger partial charge in [-0.05, 0) is 6.42 Å². The Morgan fingerprint density at radius 2 is 1.33 bits per heavy atom. The molecule has 0 saturated heterocycles. The van der Waals surface area contributed by atoms with Gasteiger partial charge >= 0.3 is 0 Å². The first-order valence-electron chi connectivity index (χ1n) is 6.10. The SMILES string of the molecule is CCCCCCCCCCC(O)CO.[Na].